The van der Waals surface area contributed by atoms with E-state index in [1.807, 2.05) is 13.8 Å². The van der Waals surface area contributed by atoms with Crippen LogP contribution in [0.4, 0.5) is 0 Å². The van der Waals surface area contributed by atoms with Gasteiger partial charge in [-0.25, -0.2) is 0 Å². The van der Waals surface area contributed by atoms with Crippen molar-refractivity contribution in [3.05, 3.63) is 45.1 Å². The van der Waals surface area contributed by atoms with Crippen LogP contribution in [0.5, 0.6) is 11.5 Å². The Balaban J connectivity index is 1.47. The number of thiophene rings is 1. The predicted molar refractivity (Wildman–Crippen MR) is 104 cm³/mol. The van der Waals surface area contributed by atoms with Crippen LogP contribution in [-0.2, 0) is 11.2 Å². The SMILES string of the molecule is CCc1sc(C(=O)NCC(=O)NNC(=O)c2ccc3c(c2)OCCO3)cc1C. The molecule has 3 amide bonds. The fourth-order valence-corrected chi connectivity index (χ4v) is 3.69. The van der Waals surface area contributed by atoms with Gasteiger partial charge < -0.3 is 14.8 Å². The number of benzene rings is 1. The summed E-state index contributed by atoms with van der Waals surface area (Å²) in [6.45, 7) is 4.60. The molecule has 9 heteroatoms. The molecule has 0 atom stereocenters. The van der Waals surface area contributed by atoms with Gasteiger partial charge in [0.2, 0.25) is 0 Å². The molecule has 0 fully saturated rings. The fraction of sp³-hybridized carbons (Fsp3) is 0.316. The Morgan fingerprint density at radius 3 is 2.50 bits per heavy atom. The number of hydrazine groups is 1. The largest absolute Gasteiger partial charge is 0.486 e. The first-order chi connectivity index (χ1) is 13.5. The highest BCUT2D eigenvalue weighted by Crippen LogP contribution is 2.30. The third-order valence-electron chi connectivity index (χ3n) is 4.09. The van der Waals surface area contributed by atoms with E-state index in [9.17, 15) is 14.4 Å². The number of aryl methyl sites for hydroxylation is 2. The Kier molecular flexibility index (Phi) is 6.15. The smallest absolute Gasteiger partial charge is 0.269 e. The molecule has 3 N–H and O–H groups in total. The second kappa shape index (κ2) is 8.75. The van der Waals surface area contributed by atoms with Crippen LogP contribution in [-0.4, -0.2) is 37.5 Å². The topological polar surface area (TPSA) is 106 Å². The normalized spacial score (nSPS) is 12.2. The number of hydrogen-bond donors (Lipinski definition) is 3. The Hall–Kier alpha value is -3.07. The molecule has 0 radical (unpaired) electrons. The van der Waals surface area contributed by atoms with Crippen molar-refractivity contribution in [3.63, 3.8) is 0 Å². The lowest BCUT2D eigenvalue weighted by molar-refractivity contribution is -0.120. The summed E-state index contributed by atoms with van der Waals surface area (Å²) in [4.78, 5) is 37.9. The maximum Gasteiger partial charge on any atom is 0.269 e. The zero-order valence-electron chi connectivity index (χ0n) is 15.6. The van der Waals surface area contributed by atoms with Gasteiger partial charge >= 0.3 is 0 Å². The molecule has 0 bridgehead atoms. The molecule has 1 aliphatic rings. The molecule has 1 aliphatic heterocycles. The average Bonchev–Trinajstić information content (AvgIpc) is 3.10. The molecule has 0 unspecified atom stereocenters. The number of fused-ring (bicyclic) bond motifs is 1. The molecule has 0 aliphatic carbocycles. The molecule has 28 heavy (non-hydrogen) atoms. The lowest BCUT2D eigenvalue weighted by Gasteiger charge is -2.18. The van der Waals surface area contributed by atoms with Crippen LogP contribution < -0.4 is 25.6 Å². The minimum atomic E-state index is -0.539. The molecule has 8 nitrogen and oxygen atoms in total. The average molecular weight is 403 g/mol. The lowest BCUT2D eigenvalue weighted by Crippen LogP contribution is -2.46. The van der Waals surface area contributed by atoms with Gasteiger partial charge in [-0.2, -0.15) is 0 Å². The Morgan fingerprint density at radius 1 is 1.04 bits per heavy atom. The van der Waals surface area contributed by atoms with Crippen molar-refractivity contribution in [1.82, 2.24) is 16.2 Å². The van der Waals surface area contributed by atoms with Crippen molar-refractivity contribution < 1.29 is 23.9 Å². The van der Waals surface area contributed by atoms with Gasteiger partial charge in [0.05, 0.1) is 11.4 Å². The summed E-state index contributed by atoms with van der Waals surface area (Å²) < 4.78 is 10.8. The standard InChI is InChI=1S/C19H21N3O5S/c1-3-15-11(2)8-16(28-15)19(25)20-10-17(23)21-22-18(24)12-4-5-13-14(9-12)27-7-6-26-13/h4-5,8-9H,3,6-7,10H2,1-2H3,(H,20,25)(H,21,23)(H,22,24). The van der Waals surface area contributed by atoms with Gasteiger partial charge in [-0.15, -0.1) is 11.3 Å². The maximum atomic E-state index is 12.2. The van der Waals surface area contributed by atoms with Crippen molar-refractivity contribution in [1.29, 1.82) is 0 Å². The number of ether oxygens (including phenoxy) is 2. The summed E-state index contributed by atoms with van der Waals surface area (Å²) in [5.41, 5.74) is 5.96. The minimum Gasteiger partial charge on any atom is -0.486 e. The molecule has 2 heterocycles. The van der Waals surface area contributed by atoms with E-state index in [-0.39, 0.29) is 12.5 Å². The number of carbonyl (C=O) groups is 3. The van der Waals surface area contributed by atoms with Crippen LogP contribution in [0.25, 0.3) is 0 Å². The quantitative estimate of drug-likeness (QED) is 0.658. The number of amides is 3. The molecule has 1 aromatic carbocycles. The first-order valence-corrected chi connectivity index (χ1v) is 9.66. The van der Waals surface area contributed by atoms with E-state index in [2.05, 4.69) is 16.2 Å². The predicted octanol–water partition coefficient (Wildman–Crippen LogP) is 1.58. The zero-order chi connectivity index (χ0) is 20.1. The van der Waals surface area contributed by atoms with Gasteiger partial charge in [-0.1, -0.05) is 6.92 Å². The van der Waals surface area contributed by atoms with E-state index >= 15 is 0 Å². The van der Waals surface area contributed by atoms with E-state index in [1.54, 1.807) is 24.3 Å². The Morgan fingerprint density at radius 2 is 1.79 bits per heavy atom. The highest BCUT2D eigenvalue weighted by Gasteiger charge is 2.16. The van der Waals surface area contributed by atoms with Gasteiger partial charge in [-0.3, -0.25) is 25.2 Å². The van der Waals surface area contributed by atoms with E-state index in [1.165, 1.54) is 11.3 Å². The second-order valence-electron chi connectivity index (χ2n) is 6.11. The van der Waals surface area contributed by atoms with Gasteiger partial charge in [-0.05, 0) is 43.2 Å². The van der Waals surface area contributed by atoms with Crippen LogP contribution >= 0.6 is 11.3 Å². The second-order valence-corrected chi connectivity index (χ2v) is 7.25. The summed E-state index contributed by atoms with van der Waals surface area (Å²) >= 11 is 1.41. The molecule has 3 rings (SSSR count). The first-order valence-electron chi connectivity index (χ1n) is 8.84. The van der Waals surface area contributed by atoms with Crippen LogP contribution in [0.15, 0.2) is 24.3 Å². The van der Waals surface area contributed by atoms with Gasteiger partial charge in [0, 0.05) is 10.4 Å². The number of rotatable bonds is 5. The van der Waals surface area contributed by atoms with Crippen molar-refractivity contribution in [3.8, 4) is 11.5 Å². The summed E-state index contributed by atoms with van der Waals surface area (Å²) in [6.07, 6.45) is 0.857. The number of hydrogen-bond acceptors (Lipinski definition) is 6. The Bertz CT molecular complexity index is 909. The summed E-state index contributed by atoms with van der Waals surface area (Å²) in [6, 6.07) is 6.56. The van der Waals surface area contributed by atoms with E-state index in [0.717, 1.165) is 16.9 Å². The van der Waals surface area contributed by atoms with Crippen molar-refractivity contribution >= 4 is 29.1 Å². The van der Waals surface area contributed by atoms with E-state index in [0.29, 0.717) is 35.2 Å². The first kappa shape index (κ1) is 19.7. The van der Waals surface area contributed by atoms with Gasteiger partial charge in [0.15, 0.2) is 11.5 Å². The van der Waals surface area contributed by atoms with Gasteiger partial charge in [0.1, 0.15) is 13.2 Å². The van der Waals surface area contributed by atoms with Crippen LogP contribution in [0, 0.1) is 6.92 Å². The van der Waals surface area contributed by atoms with Crippen molar-refractivity contribution in [2.75, 3.05) is 19.8 Å². The fourth-order valence-electron chi connectivity index (χ4n) is 2.66. The summed E-state index contributed by atoms with van der Waals surface area (Å²) in [5.74, 6) is -0.303. The molecule has 0 saturated carbocycles. The molecular formula is C19H21N3O5S. The van der Waals surface area contributed by atoms with Crippen LogP contribution in [0.2, 0.25) is 0 Å². The van der Waals surface area contributed by atoms with Crippen molar-refractivity contribution in [2.24, 2.45) is 0 Å². The van der Waals surface area contributed by atoms with Crippen molar-refractivity contribution in [2.45, 2.75) is 20.3 Å². The third-order valence-corrected chi connectivity index (χ3v) is 5.48. The van der Waals surface area contributed by atoms with Crippen LogP contribution in [0.3, 0.4) is 0 Å². The molecule has 2 aromatic rings. The zero-order valence-corrected chi connectivity index (χ0v) is 16.4. The molecule has 1 aromatic heterocycles. The highest BCUT2D eigenvalue weighted by molar-refractivity contribution is 7.14. The minimum absolute atomic E-state index is 0.251. The van der Waals surface area contributed by atoms with E-state index < -0.39 is 11.8 Å². The summed E-state index contributed by atoms with van der Waals surface area (Å²) in [7, 11) is 0. The number of nitrogens with one attached hydrogen (secondary N) is 3. The molecule has 0 spiro atoms. The molecule has 148 valence electrons. The van der Waals surface area contributed by atoms with Gasteiger partial charge in [0.25, 0.3) is 17.7 Å². The summed E-state index contributed by atoms with van der Waals surface area (Å²) in [5, 5.41) is 2.54. The molecule has 0 saturated heterocycles. The maximum absolute atomic E-state index is 12.2. The number of carbonyl (C=O) groups excluding carboxylic acids is 3. The lowest BCUT2D eigenvalue weighted by atomic mass is 10.2. The molecular weight excluding hydrogens is 382 g/mol. The highest BCUT2D eigenvalue weighted by atomic mass is 32.1. The van der Waals surface area contributed by atoms with E-state index in [4.69, 9.17) is 9.47 Å². The monoisotopic (exact) mass is 403 g/mol. The third kappa shape index (κ3) is 4.61. The Labute approximate surface area is 166 Å². The van der Waals surface area contributed by atoms with Crippen LogP contribution in [0.1, 0.15) is 37.4 Å².